The number of fused-ring (bicyclic) bond motifs is 1. The number of carbonyl (C=O) groups excluding carboxylic acids is 1. The number of hydrogen-bond donors (Lipinski definition) is 1. The Morgan fingerprint density at radius 2 is 2.11 bits per heavy atom. The molecular formula is C15H22O3. The number of allylic oxidation sites excluding steroid dienone is 1. The molecule has 1 unspecified atom stereocenters. The lowest BCUT2D eigenvalue weighted by Crippen LogP contribution is -2.20. The number of ether oxygens (including phenoxy) is 1. The van der Waals surface area contributed by atoms with Crippen LogP contribution in [0, 0.1) is 11.8 Å². The second-order valence-electron chi connectivity index (χ2n) is 5.61. The molecule has 1 heterocycles. The zero-order chi connectivity index (χ0) is 13.3. The van der Waals surface area contributed by atoms with Crippen molar-refractivity contribution in [3.05, 3.63) is 23.3 Å². The first-order valence-electron chi connectivity index (χ1n) is 6.71. The third-order valence-electron chi connectivity index (χ3n) is 4.20. The van der Waals surface area contributed by atoms with Gasteiger partial charge < -0.3 is 9.84 Å². The first-order chi connectivity index (χ1) is 8.49. The standard InChI is InChI=1S/C15H22O3/c1-9-4-6-12-11(3)15(17)18-14(12)8-10(2)13(16)7-5-9/h5,8,11-14,16H,4,6-7H2,1-3H3/b9-5+,10-8+/t11-,12?,13-,14+/m0/s1. The Morgan fingerprint density at radius 3 is 2.83 bits per heavy atom. The molecule has 1 saturated heterocycles. The van der Waals surface area contributed by atoms with E-state index in [0.717, 1.165) is 18.4 Å². The van der Waals surface area contributed by atoms with E-state index >= 15 is 0 Å². The summed E-state index contributed by atoms with van der Waals surface area (Å²) in [6.07, 6.45) is 6.01. The van der Waals surface area contributed by atoms with Crippen LogP contribution in [0.1, 0.15) is 40.0 Å². The van der Waals surface area contributed by atoms with Crippen LogP contribution >= 0.6 is 0 Å². The summed E-state index contributed by atoms with van der Waals surface area (Å²) in [7, 11) is 0. The third kappa shape index (κ3) is 2.66. The van der Waals surface area contributed by atoms with Crippen LogP contribution in [0.2, 0.25) is 0 Å². The fourth-order valence-electron chi connectivity index (χ4n) is 2.73. The molecule has 100 valence electrons. The zero-order valence-electron chi connectivity index (χ0n) is 11.3. The SMILES string of the molecule is C/C1=C\C[C@H](O)/C(C)=C/[C@H]2OC(=O)[C@@H](C)C2CC1. The highest BCUT2D eigenvalue weighted by molar-refractivity contribution is 5.75. The number of carbonyl (C=O) groups is 1. The number of aliphatic hydroxyl groups excluding tert-OH is 1. The van der Waals surface area contributed by atoms with E-state index < -0.39 is 6.10 Å². The van der Waals surface area contributed by atoms with Gasteiger partial charge in [0.15, 0.2) is 0 Å². The van der Waals surface area contributed by atoms with Gasteiger partial charge in [0, 0.05) is 5.92 Å². The smallest absolute Gasteiger partial charge is 0.309 e. The van der Waals surface area contributed by atoms with Gasteiger partial charge in [0.25, 0.3) is 0 Å². The summed E-state index contributed by atoms with van der Waals surface area (Å²) in [6.45, 7) is 5.94. The number of esters is 1. The second-order valence-corrected chi connectivity index (χ2v) is 5.61. The molecule has 3 nitrogen and oxygen atoms in total. The average Bonchev–Trinajstić information content (AvgIpc) is 2.59. The van der Waals surface area contributed by atoms with Crippen LogP contribution < -0.4 is 0 Å². The van der Waals surface area contributed by atoms with Gasteiger partial charge in [-0.1, -0.05) is 18.6 Å². The maximum Gasteiger partial charge on any atom is 0.309 e. The predicted octanol–water partition coefficient (Wildman–Crippen LogP) is 2.60. The van der Waals surface area contributed by atoms with Gasteiger partial charge in [-0.05, 0) is 44.8 Å². The number of rotatable bonds is 0. The summed E-state index contributed by atoms with van der Waals surface area (Å²) in [4.78, 5) is 11.7. The van der Waals surface area contributed by atoms with E-state index in [0.29, 0.717) is 6.42 Å². The minimum atomic E-state index is -0.465. The predicted molar refractivity (Wildman–Crippen MR) is 69.9 cm³/mol. The average molecular weight is 250 g/mol. The van der Waals surface area contributed by atoms with Gasteiger partial charge in [-0.25, -0.2) is 0 Å². The highest BCUT2D eigenvalue weighted by Crippen LogP contribution is 2.35. The molecule has 2 rings (SSSR count). The van der Waals surface area contributed by atoms with Crippen LogP contribution in [-0.2, 0) is 9.53 Å². The molecule has 0 spiro atoms. The second kappa shape index (κ2) is 5.27. The molecule has 0 radical (unpaired) electrons. The minimum absolute atomic E-state index is 0.0385. The summed E-state index contributed by atoms with van der Waals surface area (Å²) in [5, 5.41) is 10.0. The molecule has 1 aliphatic carbocycles. The number of hydrogen-bond acceptors (Lipinski definition) is 3. The molecule has 1 fully saturated rings. The van der Waals surface area contributed by atoms with Crippen molar-refractivity contribution < 1.29 is 14.6 Å². The molecule has 3 heteroatoms. The Hall–Kier alpha value is -1.09. The van der Waals surface area contributed by atoms with Gasteiger partial charge in [0.05, 0.1) is 12.0 Å². The molecule has 0 amide bonds. The summed E-state index contributed by atoms with van der Waals surface area (Å²) < 4.78 is 5.42. The molecule has 0 aromatic rings. The van der Waals surface area contributed by atoms with Crippen molar-refractivity contribution in [2.45, 2.75) is 52.2 Å². The molecule has 0 aromatic heterocycles. The van der Waals surface area contributed by atoms with Crippen molar-refractivity contribution in [2.75, 3.05) is 0 Å². The Kier molecular flexibility index (Phi) is 3.91. The first kappa shape index (κ1) is 13.3. The van der Waals surface area contributed by atoms with E-state index in [1.165, 1.54) is 5.57 Å². The van der Waals surface area contributed by atoms with E-state index in [1.54, 1.807) is 0 Å². The molecule has 2 aliphatic rings. The molecule has 18 heavy (non-hydrogen) atoms. The monoisotopic (exact) mass is 250 g/mol. The van der Waals surface area contributed by atoms with Crippen molar-refractivity contribution in [3.63, 3.8) is 0 Å². The summed E-state index contributed by atoms with van der Waals surface area (Å²) in [6, 6.07) is 0. The molecule has 1 N–H and O–H groups in total. The lowest BCUT2D eigenvalue weighted by molar-refractivity contribution is -0.142. The Labute approximate surface area is 109 Å². The van der Waals surface area contributed by atoms with Gasteiger partial charge >= 0.3 is 5.97 Å². The number of aliphatic hydroxyl groups is 1. The van der Waals surface area contributed by atoms with Gasteiger partial charge in [-0.15, -0.1) is 0 Å². The molecule has 4 atom stereocenters. The van der Waals surface area contributed by atoms with E-state index in [-0.39, 0.29) is 23.9 Å². The van der Waals surface area contributed by atoms with Gasteiger partial charge in [-0.2, -0.15) is 0 Å². The van der Waals surface area contributed by atoms with Crippen molar-refractivity contribution in [1.29, 1.82) is 0 Å². The van der Waals surface area contributed by atoms with Crippen LogP contribution in [-0.4, -0.2) is 23.3 Å². The Balaban J connectivity index is 2.26. The van der Waals surface area contributed by atoms with Crippen LogP contribution in [0.3, 0.4) is 0 Å². The Morgan fingerprint density at radius 1 is 1.39 bits per heavy atom. The highest BCUT2D eigenvalue weighted by Gasteiger charge is 2.40. The topological polar surface area (TPSA) is 46.5 Å². The fraction of sp³-hybridized carbons (Fsp3) is 0.667. The first-order valence-corrected chi connectivity index (χ1v) is 6.71. The van der Waals surface area contributed by atoms with E-state index in [2.05, 4.69) is 13.0 Å². The minimum Gasteiger partial charge on any atom is -0.458 e. The van der Waals surface area contributed by atoms with Crippen molar-refractivity contribution in [3.8, 4) is 0 Å². The summed E-state index contributed by atoms with van der Waals surface area (Å²) >= 11 is 0. The maximum atomic E-state index is 11.7. The summed E-state index contributed by atoms with van der Waals surface area (Å²) in [5.74, 6) is 0.0916. The molecule has 1 aliphatic heterocycles. The normalized spacial score (nSPS) is 43.2. The quantitative estimate of drug-likeness (QED) is 0.531. The van der Waals surface area contributed by atoms with Crippen molar-refractivity contribution >= 4 is 5.97 Å². The van der Waals surface area contributed by atoms with Gasteiger partial charge in [-0.3, -0.25) is 4.79 Å². The largest absolute Gasteiger partial charge is 0.458 e. The van der Waals surface area contributed by atoms with Crippen LogP contribution in [0.4, 0.5) is 0 Å². The zero-order valence-corrected chi connectivity index (χ0v) is 11.3. The van der Waals surface area contributed by atoms with E-state index in [9.17, 15) is 9.90 Å². The lowest BCUT2D eigenvalue weighted by Gasteiger charge is -2.20. The summed E-state index contributed by atoms with van der Waals surface area (Å²) in [5.41, 5.74) is 2.19. The fourth-order valence-corrected chi connectivity index (χ4v) is 2.73. The molecular weight excluding hydrogens is 228 g/mol. The van der Waals surface area contributed by atoms with Gasteiger partial charge in [0.2, 0.25) is 0 Å². The third-order valence-corrected chi connectivity index (χ3v) is 4.20. The van der Waals surface area contributed by atoms with Crippen LogP contribution in [0.5, 0.6) is 0 Å². The highest BCUT2D eigenvalue weighted by atomic mass is 16.6. The lowest BCUT2D eigenvalue weighted by atomic mass is 9.84. The molecule has 0 bridgehead atoms. The van der Waals surface area contributed by atoms with Crippen LogP contribution in [0.15, 0.2) is 23.3 Å². The molecule has 0 saturated carbocycles. The maximum absolute atomic E-state index is 11.7. The van der Waals surface area contributed by atoms with Gasteiger partial charge in [0.1, 0.15) is 6.10 Å². The Bertz CT molecular complexity index is 395. The van der Waals surface area contributed by atoms with Crippen LogP contribution in [0.25, 0.3) is 0 Å². The van der Waals surface area contributed by atoms with E-state index in [1.807, 2.05) is 19.9 Å². The van der Waals surface area contributed by atoms with E-state index in [4.69, 9.17) is 4.74 Å². The van der Waals surface area contributed by atoms with Crippen molar-refractivity contribution in [1.82, 2.24) is 0 Å². The van der Waals surface area contributed by atoms with Crippen molar-refractivity contribution in [2.24, 2.45) is 11.8 Å². The molecule has 0 aromatic carbocycles.